The van der Waals surface area contributed by atoms with E-state index >= 15 is 0 Å². The summed E-state index contributed by atoms with van der Waals surface area (Å²) < 4.78 is 6.24. The van der Waals surface area contributed by atoms with Crippen LogP contribution >= 0.6 is 27.5 Å². The van der Waals surface area contributed by atoms with Gasteiger partial charge in [-0.05, 0) is 39.2 Å². The smallest absolute Gasteiger partial charge is 0.238 e. The minimum Gasteiger partial charge on any atom is -0.438 e. The van der Waals surface area contributed by atoms with E-state index in [1.54, 1.807) is 0 Å². The summed E-state index contributed by atoms with van der Waals surface area (Å²) in [5.74, 6) is 1.08. The van der Waals surface area contributed by atoms with Crippen molar-refractivity contribution in [1.82, 2.24) is 9.97 Å². The van der Waals surface area contributed by atoms with Gasteiger partial charge in [-0.2, -0.15) is 0 Å². The standard InChI is InChI=1S/C16H10BrClN2O/c17-14-15(18)19-10-20-16(14)21-13-8-6-12(7-9-13)11-4-2-1-3-5-11/h1-10H. The molecule has 5 heteroatoms. The van der Waals surface area contributed by atoms with E-state index in [2.05, 4.69) is 38.0 Å². The molecule has 0 saturated heterocycles. The molecule has 0 unspecified atom stereocenters. The Bertz CT molecular complexity index is 748. The number of aromatic nitrogens is 2. The van der Waals surface area contributed by atoms with Crippen molar-refractivity contribution in [2.24, 2.45) is 0 Å². The number of rotatable bonds is 3. The molecule has 1 aromatic heterocycles. The van der Waals surface area contributed by atoms with Crippen LogP contribution in [0.3, 0.4) is 0 Å². The summed E-state index contributed by atoms with van der Waals surface area (Å²) >= 11 is 9.21. The molecule has 0 atom stereocenters. The monoisotopic (exact) mass is 360 g/mol. The zero-order chi connectivity index (χ0) is 14.7. The summed E-state index contributed by atoms with van der Waals surface area (Å²) in [5.41, 5.74) is 2.29. The Hall–Kier alpha value is -1.91. The number of halogens is 2. The second-order valence-electron chi connectivity index (χ2n) is 4.28. The summed E-state index contributed by atoms with van der Waals surface area (Å²) in [6, 6.07) is 17.9. The van der Waals surface area contributed by atoms with Crippen LogP contribution in [-0.2, 0) is 0 Å². The molecule has 0 radical (unpaired) electrons. The number of hydrogen-bond acceptors (Lipinski definition) is 3. The normalized spacial score (nSPS) is 10.4. The molecule has 0 aliphatic carbocycles. The van der Waals surface area contributed by atoms with Crippen LogP contribution in [0.1, 0.15) is 0 Å². The maximum atomic E-state index is 5.91. The molecule has 1 heterocycles. The molecule has 0 N–H and O–H groups in total. The molecule has 0 bridgehead atoms. The Labute approximate surface area is 135 Å². The fraction of sp³-hybridized carbons (Fsp3) is 0. The summed E-state index contributed by atoms with van der Waals surface area (Å²) in [5, 5.41) is 0.320. The minimum absolute atomic E-state index is 0.320. The van der Waals surface area contributed by atoms with Crippen LogP contribution in [-0.4, -0.2) is 9.97 Å². The third-order valence-electron chi connectivity index (χ3n) is 2.89. The first-order valence-corrected chi connectivity index (χ1v) is 7.40. The fourth-order valence-corrected chi connectivity index (χ4v) is 2.27. The molecule has 21 heavy (non-hydrogen) atoms. The largest absolute Gasteiger partial charge is 0.438 e. The van der Waals surface area contributed by atoms with E-state index in [1.165, 1.54) is 6.33 Å². The van der Waals surface area contributed by atoms with Crippen LogP contribution in [0.25, 0.3) is 11.1 Å². The van der Waals surface area contributed by atoms with E-state index in [4.69, 9.17) is 16.3 Å². The molecule has 0 aliphatic heterocycles. The first-order valence-electron chi connectivity index (χ1n) is 6.23. The topological polar surface area (TPSA) is 35.0 Å². The van der Waals surface area contributed by atoms with Gasteiger partial charge in [0.15, 0.2) is 5.15 Å². The van der Waals surface area contributed by atoms with Crippen LogP contribution in [0.2, 0.25) is 5.15 Å². The number of hydrogen-bond donors (Lipinski definition) is 0. The number of benzene rings is 2. The van der Waals surface area contributed by atoms with Gasteiger partial charge >= 0.3 is 0 Å². The van der Waals surface area contributed by atoms with Crippen LogP contribution in [0.15, 0.2) is 65.4 Å². The molecule has 0 amide bonds. The van der Waals surface area contributed by atoms with E-state index < -0.39 is 0 Å². The van der Waals surface area contributed by atoms with Crippen LogP contribution in [0.4, 0.5) is 0 Å². The van der Waals surface area contributed by atoms with Crippen molar-refractivity contribution in [3.63, 3.8) is 0 Å². The van der Waals surface area contributed by atoms with Gasteiger partial charge in [0, 0.05) is 0 Å². The highest BCUT2D eigenvalue weighted by Gasteiger charge is 2.09. The Morgan fingerprint density at radius 1 is 0.857 bits per heavy atom. The summed E-state index contributed by atoms with van der Waals surface area (Å²) in [4.78, 5) is 7.91. The zero-order valence-electron chi connectivity index (χ0n) is 10.8. The highest BCUT2D eigenvalue weighted by atomic mass is 79.9. The van der Waals surface area contributed by atoms with Gasteiger partial charge in [-0.15, -0.1) is 0 Å². The average molecular weight is 362 g/mol. The Balaban J connectivity index is 1.83. The highest BCUT2D eigenvalue weighted by Crippen LogP contribution is 2.32. The SMILES string of the molecule is Clc1ncnc(Oc2ccc(-c3ccccc3)cc2)c1Br. The van der Waals surface area contributed by atoms with Crippen LogP contribution in [0, 0.1) is 0 Å². The van der Waals surface area contributed by atoms with E-state index in [-0.39, 0.29) is 0 Å². The van der Waals surface area contributed by atoms with Crippen molar-refractivity contribution in [3.05, 3.63) is 70.6 Å². The maximum Gasteiger partial charge on any atom is 0.238 e. The van der Waals surface area contributed by atoms with Crippen molar-refractivity contribution < 1.29 is 4.74 Å². The summed E-state index contributed by atoms with van der Waals surface area (Å²) in [7, 11) is 0. The Morgan fingerprint density at radius 3 is 2.24 bits per heavy atom. The average Bonchev–Trinajstić information content (AvgIpc) is 2.53. The van der Waals surface area contributed by atoms with Gasteiger partial charge in [0.1, 0.15) is 16.5 Å². The highest BCUT2D eigenvalue weighted by molar-refractivity contribution is 9.10. The van der Waals surface area contributed by atoms with Crippen molar-refractivity contribution in [2.75, 3.05) is 0 Å². The van der Waals surface area contributed by atoms with Crippen molar-refractivity contribution in [3.8, 4) is 22.8 Å². The van der Waals surface area contributed by atoms with E-state index in [0.717, 1.165) is 11.1 Å². The summed E-state index contributed by atoms with van der Waals surface area (Å²) in [6.07, 6.45) is 1.36. The number of nitrogens with zero attached hydrogens (tertiary/aromatic N) is 2. The van der Waals surface area contributed by atoms with Crippen molar-refractivity contribution in [1.29, 1.82) is 0 Å². The lowest BCUT2D eigenvalue weighted by Gasteiger charge is -2.08. The molecular weight excluding hydrogens is 352 g/mol. The lowest BCUT2D eigenvalue weighted by molar-refractivity contribution is 0.458. The van der Waals surface area contributed by atoms with Crippen molar-refractivity contribution in [2.45, 2.75) is 0 Å². The third-order valence-corrected chi connectivity index (χ3v) is 4.12. The third kappa shape index (κ3) is 3.23. The van der Waals surface area contributed by atoms with Crippen LogP contribution in [0.5, 0.6) is 11.6 Å². The van der Waals surface area contributed by atoms with Crippen molar-refractivity contribution >= 4 is 27.5 Å². The quantitative estimate of drug-likeness (QED) is 0.590. The predicted molar refractivity (Wildman–Crippen MR) is 86.7 cm³/mol. The molecule has 0 aliphatic rings. The minimum atomic E-state index is 0.320. The molecular formula is C16H10BrClN2O. The predicted octanol–water partition coefficient (Wildman–Crippen LogP) is 5.35. The lowest BCUT2D eigenvalue weighted by Crippen LogP contribution is -1.91. The molecule has 0 spiro atoms. The van der Waals surface area contributed by atoms with Gasteiger partial charge in [-0.1, -0.05) is 54.1 Å². The first kappa shape index (κ1) is 14.0. The van der Waals surface area contributed by atoms with E-state index in [9.17, 15) is 0 Å². The van der Waals surface area contributed by atoms with Gasteiger partial charge in [-0.3, -0.25) is 0 Å². The Kier molecular flexibility index (Phi) is 4.18. The Morgan fingerprint density at radius 2 is 1.52 bits per heavy atom. The van der Waals surface area contributed by atoms with Gasteiger partial charge in [0.2, 0.25) is 5.88 Å². The molecule has 104 valence electrons. The van der Waals surface area contributed by atoms with Gasteiger partial charge in [0.05, 0.1) is 0 Å². The summed E-state index contributed by atoms with van der Waals surface area (Å²) in [6.45, 7) is 0. The van der Waals surface area contributed by atoms with Crippen LogP contribution < -0.4 is 4.74 Å². The lowest BCUT2D eigenvalue weighted by atomic mass is 10.1. The van der Waals surface area contributed by atoms with Gasteiger partial charge in [0.25, 0.3) is 0 Å². The van der Waals surface area contributed by atoms with E-state index in [1.807, 2.05) is 42.5 Å². The number of ether oxygens (including phenoxy) is 1. The zero-order valence-corrected chi connectivity index (χ0v) is 13.2. The van der Waals surface area contributed by atoms with Gasteiger partial charge < -0.3 is 4.74 Å². The molecule has 2 aromatic carbocycles. The van der Waals surface area contributed by atoms with E-state index in [0.29, 0.717) is 21.3 Å². The molecule has 0 saturated carbocycles. The second-order valence-corrected chi connectivity index (χ2v) is 5.43. The van der Waals surface area contributed by atoms with Gasteiger partial charge in [-0.25, -0.2) is 9.97 Å². The first-order chi connectivity index (χ1) is 10.2. The second kappa shape index (κ2) is 6.24. The molecule has 3 aromatic rings. The molecule has 3 rings (SSSR count). The molecule has 3 nitrogen and oxygen atoms in total. The maximum absolute atomic E-state index is 5.91. The molecule has 0 fully saturated rings. The fourth-order valence-electron chi connectivity index (χ4n) is 1.86.